The van der Waals surface area contributed by atoms with Crippen molar-refractivity contribution < 1.29 is 4.39 Å². The Hall–Kier alpha value is -0.930. The van der Waals surface area contributed by atoms with Gasteiger partial charge in [0.05, 0.1) is 0 Å². The molecule has 0 amide bonds. The molecule has 0 aliphatic heterocycles. The van der Waals surface area contributed by atoms with Crippen molar-refractivity contribution in [3.05, 3.63) is 35.6 Å². The SMILES string of the molecule is CCC1CCC(C(NN)C(C)(C)c2ccc(F)cc2)CC1. The number of hydrogen-bond acceptors (Lipinski definition) is 2. The van der Waals surface area contributed by atoms with E-state index in [0.717, 1.165) is 11.5 Å². The molecule has 1 fully saturated rings. The van der Waals surface area contributed by atoms with Crippen LogP contribution in [0.5, 0.6) is 0 Å². The Kier molecular flexibility index (Phi) is 5.39. The van der Waals surface area contributed by atoms with E-state index in [0.29, 0.717) is 5.92 Å². The molecular formula is C18H29FN2. The fourth-order valence-corrected chi connectivity index (χ4v) is 3.92. The van der Waals surface area contributed by atoms with E-state index in [9.17, 15) is 4.39 Å². The quantitative estimate of drug-likeness (QED) is 0.632. The van der Waals surface area contributed by atoms with Crippen LogP contribution in [0.4, 0.5) is 4.39 Å². The van der Waals surface area contributed by atoms with Crippen LogP contribution in [0.15, 0.2) is 24.3 Å². The molecule has 21 heavy (non-hydrogen) atoms. The second-order valence-electron chi connectivity index (χ2n) is 7.06. The Morgan fingerprint density at radius 1 is 1.19 bits per heavy atom. The lowest BCUT2D eigenvalue weighted by atomic mass is 9.67. The summed E-state index contributed by atoms with van der Waals surface area (Å²) in [4.78, 5) is 0. The maximum Gasteiger partial charge on any atom is 0.123 e. The molecule has 1 aliphatic carbocycles. The van der Waals surface area contributed by atoms with Crippen LogP contribution in [-0.4, -0.2) is 6.04 Å². The van der Waals surface area contributed by atoms with Crippen LogP contribution in [0.25, 0.3) is 0 Å². The van der Waals surface area contributed by atoms with Gasteiger partial charge < -0.3 is 0 Å². The van der Waals surface area contributed by atoms with Crippen LogP contribution in [0.1, 0.15) is 58.4 Å². The van der Waals surface area contributed by atoms with E-state index in [1.165, 1.54) is 32.1 Å². The van der Waals surface area contributed by atoms with Gasteiger partial charge in [-0.15, -0.1) is 0 Å². The van der Waals surface area contributed by atoms with Gasteiger partial charge in [-0.05, 0) is 42.4 Å². The lowest BCUT2D eigenvalue weighted by molar-refractivity contribution is 0.169. The first-order chi connectivity index (χ1) is 9.98. The van der Waals surface area contributed by atoms with E-state index < -0.39 is 0 Å². The van der Waals surface area contributed by atoms with E-state index in [-0.39, 0.29) is 17.3 Å². The van der Waals surface area contributed by atoms with Crippen molar-refractivity contribution in [3.63, 3.8) is 0 Å². The zero-order valence-corrected chi connectivity index (χ0v) is 13.5. The Bertz CT molecular complexity index is 433. The third-order valence-electron chi connectivity index (χ3n) is 5.49. The van der Waals surface area contributed by atoms with Gasteiger partial charge in [0.25, 0.3) is 0 Å². The molecule has 1 aromatic carbocycles. The van der Waals surface area contributed by atoms with E-state index in [2.05, 4.69) is 26.2 Å². The van der Waals surface area contributed by atoms with Gasteiger partial charge in [0.1, 0.15) is 5.82 Å². The van der Waals surface area contributed by atoms with Crippen molar-refractivity contribution in [2.45, 2.75) is 64.3 Å². The molecule has 0 radical (unpaired) electrons. The highest BCUT2D eigenvalue weighted by atomic mass is 19.1. The summed E-state index contributed by atoms with van der Waals surface area (Å²) in [5.74, 6) is 7.19. The van der Waals surface area contributed by atoms with E-state index in [1.807, 2.05) is 12.1 Å². The van der Waals surface area contributed by atoms with Gasteiger partial charge >= 0.3 is 0 Å². The highest BCUT2D eigenvalue weighted by molar-refractivity contribution is 5.27. The second kappa shape index (κ2) is 6.89. The number of hydrazine groups is 1. The number of rotatable bonds is 5. The lowest BCUT2D eigenvalue weighted by Gasteiger charge is -2.42. The first kappa shape index (κ1) is 16.4. The van der Waals surface area contributed by atoms with Gasteiger partial charge in [0.2, 0.25) is 0 Å². The zero-order valence-electron chi connectivity index (χ0n) is 13.5. The molecule has 1 aliphatic rings. The summed E-state index contributed by atoms with van der Waals surface area (Å²) in [5.41, 5.74) is 4.10. The minimum Gasteiger partial charge on any atom is -0.271 e. The zero-order chi connectivity index (χ0) is 15.5. The van der Waals surface area contributed by atoms with Crippen LogP contribution in [0, 0.1) is 17.7 Å². The van der Waals surface area contributed by atoms with Crippen LogP contribution in [-0.2, 0) is 5.41 Å². The van der Waals surface area contributed by atoms with Crippen LogP contribution < -0.4 is 11.3 Å². The van der Waals surface area contributed by atoms with Crippen molar-refractivity contribution in [1.82, 2.24) is 5.43 Å². The standard InChI is InChI=1S/C18H29FN2/c1-4-13-5-7-14(8-6-13)17(21-20)18(2,3)15-9-11-16(19)12-10-15/h9-14,17,21H,4-8,20H2,1-3H3. The molecule has 1 unspecified atom stereocenters. The van der Waals surface area contributed by atoms with E-state index in [4.69, 9.17) is 5.84 Å². The van der Waals surface area contributed by atoms with Gasteiger partial charge in [-0.3, -0.25) is 11.3 Å². The van der Waals surface area contributed by atoms with Gasteiger partial charge in [0.15, 0.2) is 0 Å². The van der Waals surface area contributed by atoms with Crippen LogP contribution in [0.3, 0.4) is 0 Å². The predicted molar refractivity (Wildman–Crippen MR) is 86.3 cm³/mol. The number of nitrogens with two attached hydrogens (primary N) is 1. The molecule has 1 aromatic rings. The lowest BCUT2D eigenvalue weighted by Crippen LogP contribution is -2.53. The molecule has 1 saturated carbocycles. The molecule has 2 nitrogen and oxygen atoms in total. The third kappa shape index (κ3) is 3.64. The summed E-state index contributed by atoms with van der Waals surface area (Å²) >= 11 is 0. The Morgan fingerprint density at radius 2 is 1.76 bits per heavy atom. The summed E-state index contributed by atoms with van der Waals surface area (Å²) < 4.78 is 13.2. The van der Waals surface area contributed by atoms with Crippen molar-refractivity contribution in [1.29, 1.82) is 0 Å². The molecular weight excluding hydrogens is 263 g/mol. The van der Waals surface area contributed by atoms with Gasteiger partial charge in [0, 0.05) is 11.5 Å². The van der Waals surface area contributed by atoms with Crippen molar-refractivity contribution in [2.24, 2.45) is 17.7 Å². The number of benzene rings is 1. The van der Waals surface area contributed by atoms with Crippen molar-refractivity contribution in [2.75, 3.05) is 0 Å². The molecule has 118 valence electrons. The molecule has 0 aromatic heterocycles. The number of halogens is 1. The fraction of sp³-hybridized carbons (Fsp3) is 0.667. The third-order valence-corrected chi connectivity index (χ3v) is 5.49. The maximum absolute atomic E-state index is 13.2. The molecule has 3 heteroatoms. The summed E-state index contributed by atoms with van der Waals surface area (Å²) in [6.45, 7) is 6.69. The normalized spacial score (nSPS) is 24.8. The summed E-state index contributed by atoms with van der Waals surface area (Å²) in [6.07, 6.45) is 6.36. The van der Waals surface area contributed by atoms with Gasteiger partial charge in [-0.2, -0.15) is 0 Å². The Labute approximate surface area is 128 Å². The summed E-state index contributed by atoms with van der Waals surface area (Å²) in [7, 11) is 0. The molecule has 1 atom stereocenters. The number of nitrogens with one attached hydrogen (secondary N) is 1. The molecule has 3 N–H and O–H groups in total. The average Bonchev–Trinajstić information content (AvgIpc) is 2.49. The minimum absolute atomic E-state index is 0.105. The highest BCUT2D eigenvalue weighted by Crippen LogP contribution is 2.39. The van der Waals surface area contributed by atoms with Crippen molar-refractivity contribution >= 4 is 0 Å². The predicted octanol–water partition coefficient (Wildman–Crippen LogP) is 4.15. The summed E-state index contributed by atoms with van der Waals surface area (Å²) in [5, 5.41) is 0. The van der Waals surface area contributed by atoms with Crippen molar-refractivity contribution in [3.8, 4) is 0 Å². The highest BCUT2D eigenvalue weighted by Gasteiger charge is 2.37. The molecule has 0 saturated heterocycles. The monoisotopic (exact) mass is 292 g/mol. The molecule has 0 bridgehead atoms. The van der Waals surface area contributed by atoms with Gasteiger partial charge in [-0.25, -0.2) is 4.39 Å². The smallest absolute Gasteiger partial charge is 0.123 e. The largest absolute Gasteiger partial charge is 0.271 e. The van der Waals surface area contributed by atoms with Crippen LogP contribution in [0.2, 0.25) is 0 Å². The topological polar surface area (TPSA) is 38.0 Å². The Balaban J connectivity index is 2.14. The first-order valence-corrected chi connectivity index (χ1v) is 8.21. The minimum atomic E-state index is -0.185. The second-order valence-corrected chi connectivity index (χ2v) is 7.06. The summed E-state index contributed by atoms with van der Waals surface area (Å²) in [6, 6.07) is 7.08. The maximum atomic E-state index is 13.2. The van der Waals surface area contributed by atoms with E-state index >= 15 is 0 Å². The fourth-order valence-electron chi connectivity index (χ4n) is 3.92. The average molecular weight is 292 g/mol. The van der Waals surface area contributed by atoms with Crippen LogP contribution >= 0.6 is 0 Å². The Morgan fingerprint density at radius 3 is 2.24 bits per heavy atom. The molecule has 2 rings (SSSR count). The number of hydrogen-bond donors (Lipinski definition) is 2. The molecule has 0 heterocycles. The van der Waals surface area contributed by atoms with E-state index in [1.54, 1.807) is 12.1 Å². The first-order valence-electron chi connectivity index (χ1n) is 8.21. The van der Waals surface area contributed by atoms with Gasteiger partial charge in [-0.1, -0.05) is 52.2 Å². The molecule has 0 spiro atoms.